The van der Waals surface area contributed by atoms with Crippen molar-refractivity contribution in [2.75, 3.05) is 110 Å². The van der Waals surface area contributed by atoms with E-state index in [0.717, 1.165) is 94.1 Å². The van der Waals surface area contributed by atoms with Crippen LogP contribution in [-0.2, 0) is 46.1 Å². The highest BCUT2D eigenvalue weighted by Gasteiger charge is 2.18. The van der Waals surface area contributed by atoms with Crippen LogP contribution in [0.5, 0.6) is 11.5 Å². The van der Waals surface area contributed by atoms with Crippen LogP contribution in [0.1, 0.15) is 121 Å². The number of Topliss-reactive ketones (excluding diaryl/α,β-unsaturated/α-hetero) is 1. The number of hydrogen-bond donors (Lipinski definition) is 7. The fourth-order valence-electron chi connectivity index (χ4n) is 7.63. The first-order valence-corrected chi connectivity index (χ1v) is 28.3. The van der Waals surface area contributed by atoms with Gasteiger partial charge in [0.25, 0.3) is 5.91 Å². The van der Waals surface area contributed by atoms with Crippen molar-refractivity contribution in [1.82, 2.24) is 30.6 Å². The van der Waals surface area contributed by atoms with Gasteiger partial charge in [-0.1, -0.05) is 73.2 Å². The number of halogens is 2. The number of ketones is 1. The van der Waals surface area contributed by atoms with E-state index < -0.39 is 12.0 Å². The highest BCUT2D eigenvalue weighted by molar-refractivity contribution is 6.32. The van der Waals surface area contributed by atoms with Crippen molar-refractivity contribution < 1.29 is 57.1 Å². The van der Waals surface area contributed by atoms with Crippen molar-refractivity contribution in [2.45, 2.75) is 103 Å². The lowest BCUT2D eigenvalue weighted by Gasteiger charge is -2.09. The van der Waals surface area contributed by atoms with E-state index >= 15 is 0 Å². The minimum absolute atomic E-state index is 0.0176. The standard InChI is InChI=1S/C56H80Cl2N12O12/c1-39-49(57)67-47(51(60)66-39)45(71)38-42(59)14-7-5-6-12-40-16-20-43(21-17-40)79-34-30-75-26-28-77-32-36-81-46(72)15-8-3-2-4-10-25-65-56(74)82-37-33-78-29-27-76-31-35-80-44-22-18-41(19-23-44)13-9-11-24-64-55(63)70-54(73)48-52(61)69-53(62)50(58)68-48/h16-23,59H,2-15,24-38H2,1H3,(H2,60,66)(H,65,74)(H4,61,62,69)(H3,63,64,70,73). The highest BCUT2D eigenvalue weighted by atomic mass is 35.5. The number of nitrogens with one attached hydrogen (secondary N) is 3. The topological polar surface area (TPSA) is 358 Å². The van der Waals surface area contributed by atoms with Crippen LogP contribution in [0, 0.1) is 12.3 Å². The minimum Gasteiger partial charge on any atom is -0.491 e. The molecule has 2 aromatic heterocycles. The molecule has 0 aliphatic heterocycles. The van der Waals surface area contributed by atoms with Crippen LogP contribution in [0.25, 0.3) is 0 Å². The number of rotatable bonds is 43. The van der Waals surface area contributed by atoms with E-state index in [-0.39, 0.29) is 83.1 Å². The van der Waals surface area contributed by atoms with Crippen LogP contribution in [0.4, 0.5) is 22.2 Å². The van der Waals surface area contributed by atoms with Gasteiger partial charge in [-0.25, -0.2) is 24.7 Å². The van der Waals surface area contributed by atoms with E-state index in [2.05, 4.69) is 35.6 Å². The number of carbonyl (C=O) groups excluding carboxylic acids is 4. The number of aliphatic imine (C=N–C) groups is 1. The van der Waals surface area contributed by atoms with Crippen LogP contribution >= 0.6 is 23.2 Å². The lowest BCUT2D eigenvalue weighted by Crippen LogP contribution is -2.38. The number of aromatic nitrogens is 4. The first kappa shape index (κ1) is 67.5. The van der Waals surface area contributed by atoms with E-state index in [1.807, 2.05) is 48.5 Å². The molecule has 82 heavy (non-hydrogen) atoms. The molecule has 2 aromatic carbocycles. The molecule has 0 aliphatic rings. The van der Waals surface area contributed by atoms with Crippen molar-refractivity contribution in [3.05, 3.63) is 87.0 Å². The quantitative estimate of drug-likeness (QED) is 0.00755. The summed E-state index contributed by atoms with van der Waals surface area (Å²) in [6.45, 7) is 6.52. The number of alkyl carbamates (subject to hydrolysis) is 1. The Morgan fingerprint density at radius 1 is 0.561 bits per heavy atom. The van der Waals surface area contributed by atoms with Gasteiger partial charge < -0.3 is 71.6 Å². The van der Waals surface area contributed by atoms with Crippen LogP contribution in [0.15, 0.2) is 53.5 Å². The average Bonchev–Trinajstić information content (AvgIpc) is 3.59. The van der Waals surface area contributed by atoms with Crippen molar-refractivity contribution in [1.29, 1.82) is 5.41 Å². The molecule has 2 heterocycles. The average molecular weight is 1180 g/mol. The minimum atomic E-state index is -0.687. The number of ether oxygens (including phenoxy) is 8. The molecule has 24 nitrogen and oxygen atoms in total. The summed E-state index contributed by atoms with van der Waals surface area (Å²) in [5.41, 5.74) is 25.8. The van der Waals surface area contributed by atoms with Crippen LogP contribution in [-0.4, -0.2) is 148 Å². The molecule has 26 heteroatoms. The zero-order valence-electron chi connectivity index (χ0n) is 46.8. The molecule has 0 radical (unpaired) electrons. The summed E-state index contributed by atoms with van der Waals surface area (Å²) >= 11 is 11.8. The van der Waals surface area contributed by atoms with Gasteiger partial charge in [0, 0.05) is 25.2 Å². The Hall–Kier alpha value is -6.96. The van der Waals surface area contributed by atoms with Crippen molar-refractivity contribution in [3.8, 4) is 11.5 Å². The number of hydrogen-bond acceptors (Lipinski definition) is 21. The molecule has 11 N–H and O–H groups in total. The van der Waals surface area contributed by atoms with Crippen molar-refractivity contribution in [3.63, 3.8) is 0 Å². The fourth-order valence-corrected chi connectivity index (χ4v) is 7.88. The third-order valence-electron chi connectivity index (χ3n) is 12.0. The third-order valence-corrected chi connectivity index (χ3v) is 12.6. The molecular weight excluding hydrogens is 1100 g/mol. The maximum Gasteiger partial charge on any atom is 0.407 e. The SMILES string of the molecule is Cc1nc(N)c(C(=O)CC(=N)CCCCCc2ccc(OCCOCCOCCOC(=O)CCCCCCCNC(=O)OCCOCCOCCOc3ccc(CCCCN=C(N)NC(=O)c4nc(Cl)c(N)nc4N)cc3)cc2)nc1Cl. The van der Waals surface area contributed by atoms with Crippen LogP contribution < -0.4 is 43.0 Å². The van der Waals surface area contributed by atoms with Gasteiger partial charge in [-0.3, -0.25) is 24.7 Å². The van der Waals surface area contributed by atoms with Crippen LogP contribution in [0.3, 0.4) is 0 Å². The Morgan fingerprint density at radius 3 is 1.68 bits per heavy atom. The second kappa shape index (κ2) is 40.3. The normalized spacial score (nSPS) is 11.3. The number of unbranched alkanes of at least 4 members (excludes halogenated alkanes) is 7. The number of aryl methyl sites for hydroxylation is 3. The van der Waals surface area contributed by atoms with Crippen molar-refractivity contribution >= 4 is 76.1 Å². The van der Waals surface area contributed by atoms with E-state index in [1.54, 1.807) is 6.92 Å². The highest BCUT2D eigenvalue weighted by Crippen LogP contribution is 2.20. The number of nitrogen functional groups attached to an aromatic ring is 3. The Balaban J connectivity index is 0.831. The summed E-state index contributed by atoms with van der Waals surface area (Å²) in [6, 6.07) is 15.8. The van der Waals surface area contributed by atoms with E-state index in [9.17, 15) is 19.2 Å². The first-order chi connectivity index (χ1) is 39.7. The molecule has 0 saturated heterocycles. The second-order valence-electron chi connectivity index (χ2n) is 18.6. The number of esters is 1. The summed E-state index contributed by atoms with van der Waals surface area (Å²) in [4.78, 5) is 68.8. The smallest absolute Gasteiger partial charge is 0.407 e. The molecule has 0 spiro atoms. The number of nitrogens with two attached hydrogens (primary N) is 4. The molecule has 4 rings (SSSR count). The lowest BCUT2D eigenvalue weighted by atomic mass is 10.0. The molecular formula is C56H80Cl2N12O12. The molecule has 2 amide bonds. The van der Waals surface area contributed by atoms with Gasteiger partial charge in [0.15, 0.2) is 50.9 Å². The molecule has 0 aliphatic carbocycles. The number of amides is 2. The molecule has 4 aromatic rings. The largest absolute Gasteiger partial charge is 0.491 e. The predicted molar refractivity (Wildman–Crippen MR) is 313 cm³/mol. The van der Waals surface area contributed by atoms with Gasteiger partial charge in [-0.2, -0.15) is 0 Å². The summed E-state index contributed by atoms with van der Waals surface area (Å²) in [5.74, 6) is -0.0792. The van der Waals surface area contributed by atoms with E-state index in [0.29, 0.717) is 96.8 Å². The summed E-state index contributed by atoms with van der Waals surface area (Å²) in [7, 11) is 0. The van der Waals surface area contributed by atoms with Gasteiger partial charge in [0.05, 0.1) is 65.0 Å². The number of anilines is 3. The Labute approximate surface area is 489 Å². The zero-order valence-corrected chi connectivity index (χ0v) is 48.3. The summed E-state index contributed by atoms with van der Waals surface area (Å²) in [5, 5.41) is 13.3. The zero-order chi connectivity index (χ0) is 59.2. The number of nitrogens with zero attached hydrogens (tertiary/aromatic N) is 5. The van der Waals surface area contributed by atoms with Gasteiger partial charge in [-0.15, -0.1) is 0 Å². The molecule has 0 atom stereocenters. The maximum absolute atomic E-state index is 12.5. The Kier molecular flexibility index (Phi) is 33.2. The molecule has 0 bridgehead atoms. The van der Waals surface area contributed by atoms with Gasteiger partial charge in [-0.05, 0) is 100 Å². The summed E-state index contributed by atoms with van der Waals surface area (Å²) < 4.78 is 44.1. The maximum atomic E-state index is 12.5. The predicted octanol–water partition coefficient (Wildman–Crippen LogP) is 7.23. The van der Waals surface area contributed by atoms with E-state index in [4.69, 9.17) is 89.4 Å². The lowest BCUT2D eigenvalue weighted by molar-refractivity contribution is -0.145. The van der Waals surface area contributed by atoms with E-state index in [1.165, 1.54) is 5.56 Å². The van der Waals surface area contributed by atoms with Crippen LogP contribution in [0.2, 0.25) is 10.3 Å². The summed E-state index contributed by atoms with van der Waals surface area (Å²) in [6.07, 6.45) is 10.6. The monoisotopic (exact) mass is 1180 g/mol. The number of benzene rings is 2. The first-order valence-electron chi connectivity index (χ1n) is 27.6. The molecule has 0 fully saturated rings. The van der Waals surface area contributed by atoms with Gasteiger partial charge >= 0.3 is 12.1 Å². The Bertz CT molecular complexity index is 2600. The molecule has 0 saturated carbocycles. The number of guanidine groups is 1. The fraction of sp³-hybridized carbons (Fsp3) is 0.536. The third kappa shape index (κ3) is 29.1. The second-order valence-corrected chi connectivity index (χ2v) is 19.4. The van der Waals surface area contributed by atoms with Gasteiger partial charge in [0.2, 0.25) is 0 Å². The molecule has 0 unspecified atom stereocenters. The van der Waals surface area contributed by atoms with Crippen molar-refractivity contribution in [2.24, 2.45) is 10.7 Å². The number of carbonyl (C=O) groups is 4. The Morgan fingerprint density at radius 2 is 1.06 bits per heavy atom. The van der Waals surface area contributed by atoms with Gasteiger partial charge in [0.1, 0.15) is 37.9 Å². The molecule has 450 valence electrons.